The van der Waals surface area contributed by atoms with Crippen LogP contribution in [0.3, 0.4) is 0 Å². The Labute approximate surface area is 174 Å². The third-order valence-electron chi connectivity index (χ3n) is 6.39. The van der Waals surface area contributed by atoms with Crippen LogP contribution >= 0.6 is 11.3 Å². The Morgan fingerprint density at radius 2 is 1.90 bits per heavy atom. The third kappa shape index (κ3) is 3.72. The molecule has 2 N–H and O–H groups in total. The average molecular weight is 418 g/mol. The fourth-order valence-electron chi connectivity index (χ4n) is 4.96. The molecule has 0 aromatic carbocycles. The lowest BCUT2D eigenvalue weighted by molar-refractivity contribution is -0.146. The number of carboxylic acids is 1. The molecular weight excluding hydrogens is 390 g/mol. The molecule has 3 aliphatic carbocycles. The number of carboxylic acid groups (broad SMARTS) is 1. The van der Waals surface area contributed by atoms with Crippen LogP contribution in [0, 0.1) is 23.7 Å². The number of aliphatic carboxylic acids is 1. The molecule has 3 aliphatic rings. The number of allylic oxidation sites excluding steroid dienone is 2. The van der Waals surface area contributed by atoms with Crippen molar-refractivity contribution in [3.63, 3.8) is 0 Å². The normalized spacial score (nSPS) is 26.9. The Balaban J connectivity index is 1.59. The Hall–Kier alpha value is -2.15. The summed E-state index contributed by atoms with van der Waals surface area (Å²) in [6.07, 6.45) is 10.1. The molecule has 1 aromatic heterocycles. The number of rotatable bonds is 7. The van der Waals surface area contributed by atoms with Crippen LogP contribution in [-0.2, 0) is 27.2 Å². The number of fused-ring (bicyclic) bond motifs is 3. The maximum Gasteiger partial charge on any atom is 0.341 e. The lowest BCUT2D eigenvalue weighted by atomic mass is 9.82. The van der Waals surface area contributed by atoms with E-state index in [9.17, 15) is 19.5 Å². The van der Waals surface area contributed by atoms with E-state index in [4.69, 9.17) is 4.74 Å². The summed E-state index contributed by atoms with van der Waals surface area (Å²) in [6, 6.07) is 0. The number of ether oxygens (including phenoxy) is 1. The number of hydrogen-bond donors (Lipinski definition) is 2. The van der Waals surface area contributed by atoms with Crippen LogP contribution in [-0.4, -0.2) is 29.6 Å². The minimum absolute atomic E-state index is 0.0457. The molecule has 0 aliphatic heterocycles. The zero-order chi connectivity index (χ0) is 20.5. The van der Waals surface area contributed by atoms with Gasteiger partial charge >= 0.3 is 11.9 Å². The van der Waals surface area contributed by atoms with Crippen molar-refractivity contribution >= 4 is 34.2 Å². The number of carbonyl (C=O) groups excluding carboxylic acids is 2. The van der Waals surface area contributed by atoms with Crippen molar-refractivity contribution in [3.8, 4) is 0 Å². The Kier molecular flexibility index (Phi) is 5.76. The molecule has 29 heavy (non-hydrogen) atoms. The van der Waals surface area contributed by atoms with Gasteiger partial charge in [-0.05, 0) is 55.9 Å². The van der Waals surface area contributed by atoms with E-state index in [0.29, 0.717) is 23.6 Å². The molecule has 0 radical (unpaired) electrons. The highest BCUT2D eigenvalue weighted by Gasteiger charge is 2.51. The molecule has 7 heteroatoms. The third-order valence-corrected chi connectivity index (χ3v) is 7.60. The molecule has 1 heterocycles. The highest BCUT2D eigenvalue weighted by molar-refractivity contribution is 7.17. The monoisotopic (exact) mass is 417 g/mol. The number of hydrogen-bond acceptors (Lipinski definition) is 5. The number of carbonyl (C=O) groups is 3. The molecule has 1 amide bonds. The first-order valence-corrected chi connectivity index (χ1v) is 11.4. The standard InChI is InChI=1S/C22H27NO5S/c1-2-3-10-28-22(27)18-14-6-4-5-7-15(14)29-20(18)23-19(24)16-12-8-9-13(11-12)17(16)21(25)26/h8-9,12-13,16-17H,2-7,10-11H2,1H3,(H,23,24)(H,25,26)/t12-,13-,16-,17+/m0/s1. The van der Waals surface area contributed by atoms with Crippen LogP contribution in [0.2, 0.25) is 0 Å². The largest absolute Gasteiger partial charge is 0.481 e. The van der Waals surface area contributed by atoms with E-state index in [-0.39, 0.29) is 23.7 Å². The van der Waals surface area contributed by atoms with Gasteiger partial charge in [-0.3, -0.25) is 9.59 Å². The minimum atomic E-state index is -0.924. The van der Waals surface area contributed by atoms with Crippen molar-refractivity contribution in [3.05, 3.63) is 28.2 Å². The second-order valence-electron chi connectivity index (χ2n) is 8.23. The molecule has 2 bridgehead atoms. The van der Waals surface area contributed by atoms with Crippen molar-refractivity contribution in [2.24, 2.45) is 23.7 Å². The lowest BCUT2D eigenvalue weighted by Crippen LogP contribution is -2.36. The van der Waals surface area contributed by atoms with Crippen LogP contribution < -0.4 is 5.32 Å². The predicted molar refractivity (Wildman–Crippen MR) is 110 cm³/mol. The Bertz CT molecular complexity index is 858. The summed E-state index contributed by atoms with van der Waals surface area (Å²) in [6.45, 7) is 2.40. The second kappa shape index (κ2) is 8.30. The highest BCUT2D eigenvalue weighted by atomic mass is 32.1. The zero-order valence-electron chi connectivity index (χ0n) is 16.6. The maximum absolute atomic E-state index is 13.1. The van der Waals surface area contributed by atoms with Crippen LogP contribution in [0.1, 0.15) is 59.8 Å². The van der Waals surface area contributed by atoms with Gasteiger partial charge in [0.1, 0.15) is 5.00 Å². The van der Waals surface area contributed by atoms with Gasteiger partial charge in [-0.25, -0.2) is 4.79 Å². The summed E-state index contributed by atoms with van der Waals surface area (Å²) in [5.41, 5.74) is 1.49. The average Bonchev–Trinajstić information content (AvgIpc) is 3.40. The zero-order valence-corrected chi connectivity index (χ0v) is 17.4. The Morgan fingerprint density at radius 1 is 1.17 bits per heavy atom. The lowest BCUT2D eigenvalue weighted by Gasteiger charge is -2.23. The maximum atomic E-state index is 13.1. The Morgan fingerprint density at radius 3 is 2.62 bits per heavy atom. The molecule has 0 saturated heterocycles. The van der Waals surface area contributed by atoms with E-state index in [1.54, 1.807) is 0 Å². The molecule has 1 aromatic rings. The SMILES string of the molecule is CCCCOC(=O)c1c(NC(=O)[C@@H]2[C@H](C(=O)O)[C@H]3C=C[C@H]2C3)sc2c1CCCC2. The number of anilines is 1. The summed E-state index contributed by atoms with van der Waals surface area (Å²) in [4.78, 5) is 38.8. The van der Waals surface area contributed by atoms with E-state index < -0.39 is 17.8 Å². The van der Waals surface area contributed by atoms with Crippen LogP contribution in [0.15, 0.2) is 12.2 Å². The predicted octanol–water partition coefficient (Wildman–Crippen LogP) is 4.05. The summed E-state index contributed by atoms with van der Waals surface area (Å²) < 4.78 is 5.46. The fourth-order valence-corrected chi connectivity index (χ4v) is 6.24. The number of esters is 1. The quantitative estimate of drug-likeness (QED) is 0.397. The molecule has 1 fully saturated rings. The second-order valence-corrected chi connectivity index (χ2v) is 9.34. The first-order chi connectivity index (χ1) is 14.0. The minimum Gasteiger partial charge on any atom is -0.481 e. The molecular formula is C22H27NO5S. The van der Waals surface area contributed by atoms with Crippen molar-refractivity contribution in [1.82, 2.24) is 0 Å². The van der Waals surface area contributed by atoms with Crippen LogP contribution in [0.5, 0.6) is 0 Å². The van der Waals surface area contributed by atoms with Crippen molar-refractivity contribution in [2.45, 2.75) is 51.9 Å². The fraction of sp³-hybridized carbons (Fsp3) is 0.591. The summed E-state index contributed by atoms with van der Waals surface area (Å²) in [5, 5.41) is 13.1. The van der Waals surface area contributed by atoms with Crippen LogP contribution in [0.4, 0.5) is 5.00 Å². The molecule has 0 unspecified atom stereocenters. The first kappa shape index (κ1) is 20.1. The topological polar surface area (TPSA) is 92.7 Å². The van der Waals surface area contributed by atoms with Gasteiger partial charge in [0.25, 0.3) is 0 Å². The first-order valence-electron chi connectivity index (χ1n) is 10.5. The smallest absolute Gasteiger partial charge is 0.341 e. The summed E-state index contributed by atoms with van der Waals surface area (Å²) >= 11 is 1.45. The van der Waals surface area contributed by atoms with E-state index in [1.165, 1.54) is 11.3 Å². The van der Waals surface area contributed by atoms with E-state index in [1.807, 2.05) is 19.1 Å². The molecule has 4 atom stereocenters. The van der Waals surface area contributed by atoms with Crippen LogP contribution in [0.25, 0.3) is 0 Å². The molecule has 4 rings (SSSR count). The van der Waals surface area contributed by atoms with Gasteiger partial charge in [-0.15, -0.1) is 11.3 Å². The number of aryl methyl sites for hydroxylation is 1. The molecule has 156 valence electrons. The number of amides is 1. The van der Waals surface area contributed by atoms with Gasteiger partial charge in [0, 0.05) is 4.88 Å². The summed E-state index contributed by atoms with van der Waals surface area (Å²) in [5.74, 6) is -3.01. The summed E-state index contributed by atoms with van der Waals surface area (Å²) in [7, 11) is 0. The van der Waals surface area contributed by atoms with Gasteiger partial charge in [0.2, 0.25) is 5.91 Å². The van der Waals surface area contributed by atoms with Gasteiger partial charge in [0.05, 0.1) is 24.0 Å². The van der Waals surface area contributed by atoms with E-state index in [2.05, 4.69) is 5.32 Å². The van der Waals surface area contributed by atoms with Crippen molar-refractivity contribution in [1.29, 1.82) is 0 Å². The molecule has 1 saturated carbocycles. The van der Waals surface area contributed by atoms with Gasteiger partial charge < -0.3 is 15.2 Å². The highest BCUT2D eigenvalue weighted by Crippen LogP contribution is 2.49. The van der Waals surface area contributed by atoms with E-state index in [0.717, 1.165) is 49.0 Å². The molecule has 0 spiro atoms. The van der Waals surface area contributed by atoms with E-state index >= 15 is 0 Å². The number of nitrogens with one attached hydrogen (secondary N) is 1. The van der Waals surface area contributed by atoms with Gasteiger partial charge in [-0.1, -0.05) is 25.5 Å². The number of thiophene rings is 1. The van der Waals surface area contributed by atoms with Gasteiger partial charge in [-0.2, -0.15) is 0 Å². The van der Waals surface area contributed by atoms with Crippen molar-refractivity contribution in [2.75, 3.05) is 11.9 Å². The van der Waals surface area contributed by atoms with Gasteiger partial charge in [0.15, 0.2) is 0 Å². The van der Waals surface area contributed by atoms with Crippen molar-refractivity contribution < 1.29 is 24.2 Å². The molecule has 6 nitrogen and oxygen atoms in total. The number of unbranched alkanes of at least 4 members (excludes halogenated alkanes) is 1.